The van der Waals surface area contributed by atoms with Crippen molar-refractivity contribution in [3.8, 4) is 0 Å². The molecule has 210 valence electrons. The molecule has 0 nitrogen and oxygen atoms in total. The van der Waals surface area contributed by atoms with Crippen LogP contribution < -0.4 is 0 Å². The first-order chi connectivity index (χ1) is 16.4. The molecule has 37 heavy (non-hydrogen) atoms. The van der Waals surface area contributed by atoms with E-state index < -0.39 is 47.0 Å². The number of hydrogen-bond acceptors (Lipinski definition) is 0. The van der Waals surface area contributed by atoms with Crippen LogP contribution in [0.2, 0.25) is 0 Å². The minimum atomic E-state index is -4.80. The zero-order valence-corrected chi connectivity index (χ0v) is 20.6. The van der Waals surface area contributed by atoms with Crippen molar-refractivity contribution in [1.29, 1.82) is 0 Å². The van der Waals surface area contributed by atoms with Gasteiger partial charge in [0.2, 0.25) is 0 Å². The van der Waals surface area contributed by atoms with Crippen molar-refractivity contribution in [3.05, 3.63) is 95.1 Å². The Morgan fingerprint density at radius 3 is 1.32 bits per heavy atom. The quantitative estimate of drug-likeness (QED) is 0.144. The molecule has 0 saturated heterocycles. The zero-order valence-electron chi connectivity index (χ0n) is 18.4. The summed E-state index contributed by atoms with van der Waals surface area (Å²) in [5.74, 6) is 0. The molecule has 0 N–H and O–H groups in total. The summed E-state index contributed by atoms with van der Waals surface area (Å²) in [6.45, 7) is 0. The van der Waals surface area contributed by atoms with E-state index in [0.717, 1.165) is 6.42 Å². The first-order valence-corrected chi connectivity index (χ1v) is 9.94. The second-order valence-corrected chi connectivity index (χ2v) is 6.97. The van der Waals surface area contributed by atoms with E-state index in [1.165, 1.54) is 19.3 Å². The molecule has 1 aliphatic carbocycles. The topological polar surface area (TPSA) is 0 Å². The van der Waals surface area contributed by atoms with Crippen molar-refractivity contribution in [2.75, 3.05) is 0 Å². The summed E-state index contributed by atoms with van der Waals surface area (Å²) in [5, 5.41) is 0. The van der Waals surface area contributed by atoms with Crippen LogP contribution in [-0.4, -0.2) is 0 Å². The van der Waals surface area contributed by atoms with Crippen LogP contribution in [0.3, 0.4) is 0 Å². The molecule has 0 aliphatic heterocycles. The van der Waals surface area contributed by atoms with Crippen LogP contribution in [0.5, 0.6) is 0 Å². The van der Waals surface area contributed by atoms with Gasteiger partial charge >= 0.3 is 24.7 Å². The van der Waals surface area contributed by atoms with Crippen molar-refractivity contribution in [2.45, 2.75) is 50.4 Å². The summed E-state index contributed by atoms with van der Waals surface area (Å²) in [5.41, 5.74) is -5.51. The molecule has 0 amide bonds. The largest absolute Gasteiger partial charge is 0.500 e. The van der Waals surface area contributed by atoms with Gasteiger partial charge in [-0.1, -0.05) is 47.2 Å². The Balaban J connectivity index is 0.000000538. The molecule has 0 saturated carbocycles. The molecular formula is C24H17F12Pt-3. The van der Waals surface area contributed by atoms with Crippen molar-refractivity contribution in [2.24, 2.45) is 0 Å². The number of allylic oxidation sites excluding steroid dienone is 4. The van der Waals surface area contributed by atoms with Gasteiger partial charge < -0.3 is 6.08 Å². The van der Waals surface area contributed by atoms with Crippen LogP contribution in [0.25, 0.3) is 0 Å². The Morgan fingerprint density at radius 2 is 0.946 bits per heavy atom. The second-order valence-electron chi connectivity index (χ2n) is 6.97. The maximum Gasteiger partial charge on any atom is 0.394 e. The molecule has 0 fully saturated rings. The number of hydrogen-bond donors (Lipinski definition) is 0. The zero-order chi connectivity index (χ0) is 27.6. The Kier molecular flexibility index (Phi) is 13.8. The van der Waals surface area contributed by atoms with Gasteiger partial charge in [-0.3, -0.25) is 6.08 Å². The molecule has 0 aromatic heterocycles. The number of halogens is 12. The number of rotatable bonds is 0. The third-order valence-corrected chi connectivity index (χ3v) is 4.11. The standard InChI is InChI=1S/2C8H3F6.C8H11.Pt/c2*9-7(10,11)5-2-1-3-6(4-5)8(12,13)14;1-2-4-6-8-7-5-3-1;/h2*1-2,4H;1-2,7H,3-6H2;/q3*-1;. The summed E-state index contributed by atoms with van der Waals surface area (Å²) in [6.07, 6.45) is -4.65. The van der Waals surface area contributed by atoms with E-state index in [9.17, 15) is 52.7 Å². The maximum absolute atomic E-state index is 12.0. The third-order valence-electron chi connectivity index (χ3n) is 4.11. The van der Waals surface area contributed by atoms with Gasteiger partial charge in [-0.15, -0.1) is 12.1 Å². The van der Waals surface area contributed by atoms with Crippen LogP contribution in [0, 0.1) is 18.2 Å². The molecule has 0 atom stereocenters. The number of alkyl halides is 12. The molecule has 0 spiro atoms. The smallest absolute Gasteiger partial charge is 0.394 e. The van der Waals surface area contributed by atoms with E-state index in [1.54, 1.807) is 12.1 Å². The Labute approximate surface area is 219 Å². The Bertz CT molecular complexity index is 844. The van der Waals surface area contributed by atoms with Gasteiger partial charge in [-0.2, -0.15) is 95.5 Å². The van der Waals surface area contributed by atoms with E-state index in [2.05, 4.69) is 24.3 Å². The Morgan fingerprint density at radius 1 is 0.541 bits per heavy atom. The minimum Gasteiger partial charge on any atom is -0.500 e. The van der Waals surface area contributed by atoms with Gasteiger partial charge in [-0.25, -0.2) is 0 Å². The predicted octanol–water partition coefficient (Wildman–Crippen LogP) is 9.52. The van der Waals surface area contributed by atoms with Gasteiger partial charge in [0.25, 0.3) is 0 Å². The molecule has 3 rings (SSSR count). The predicted molar refractivity (Wildman–Crippen MR) is 106 cm³/mol. The van der Waals surface area contributed by atoms with E-state index in [1.807, 2.05) is 0 Å². The SMILES string of the molecule is FC(F)(F)c1[c-]ccc(C(F)(F)F)c1.FC(F)(F)c1[c-]ccc(C(F)(F)F)c1.[C-]1=CCCC=CCC1.[Pt]. The molecule has 0 bridgehead atoms. The van der Waals surface area contributed by atoms with Gasteiger partial charge in [-0.05, 0) is 6.42 Å². The summed E-state index contributed by atoms with van der Waals surface area (Å²) in [6, 6.07) is 5.73. The maximum atomic E-state index is 12.0. The number of benzene rings is 2. The van der Waals surface area contributed by atoms with E-state index in [4.69, 9.17) is 0 Å². The summed E-state index contributed by atoms with van der Waals surface area (Å²) in [7, 11) is 0. The molecule has 0 heterocycles. The molecule has 0 unspecified atom stereocenters. The van der Waals surface area contributed by atoms with Crippen molar-refractivity contribution in [3.63, 3.8) is 0 Å². The summed E-state index contributed by atoms with van der Waals surface area (Å²) < 4.78 is 144. The fourth-order valence-corrected chi connectivity index (χ4v) is 2.40. The third kappa shape index (κ3) is 13.8. The van der Waals surface area contributed by atoms with Crippen molar-refractivity contribution in [1.82, 2.24) is 0 Å². The second kappa shape index (κ2) is 14.6. The minimum absolute atomic E-state index is 0. The van der Waals surface area contributed by atoms with Crippen LogP contribution in [0.1, 0.15) is 47.9 Å². The fraction of sp³-hybridized carbons (Fsp3) is 0.333. The van der Waals surface area contributed by atoms with E-state index >= 15 is 0 Å². The van der Waals surface area contributed by atoms with Crippen LogP contribution in [-0.2, 0) is 45.8 Å². The first kappa shape index (κ1) is 34.8. The van der Waals surface area contributed by atoms with E-state index in [0.29, 0.717) is 24.3 Å². The Hall–Kier alpha value is -2.23. The molecule has 0 radical (unpaired) electrons. The van der Waals surface area contributed by atoms with Crippen LogP contribution >= 0.6 is 0 Å². The van der Waals surface area contributed by atoms with Crippen LogP contribution in [0.15, 0.2) is 54.6 Å². The van der Waals surface area contributed by atoms with Crippen molar-refractivity contribution >= 4 is 0 Å². The van der Waals surface area contributed by atoms with Crippen LogP contribution in [0.4, 0.5) is 52.7 Å². The van der Waals surface area contributed by atoms with E-state index in [-0.39, 0.29) is 33.2 Å². The average molecular weight is 728 g/mol. The van der Waals surface area contributed by atoms with Gasteiger partial charge in [0.05, 0.1) is 0 Å². The molecular weight excluding hydrogens is 711 g/mol. The molecule has 2 aromatic rings. The summed E-state index contributed by atoms with van der Waals surface area (Å²) >= 11 is 0. The van der Waals surface area contributed by atoms with Gasteiger partial charge in [0, 0.05) is 21.1 Å². The van der Waals surface area contributed by atoms with Gasteiger partial charge in [0.15, 0.2) is 0 Å². The molecule has 13 heteroatoms. The molecule has 1 aliphatic rings. The average Bonchev–Trinajstić information content (AvgIpc) is 2.72. The monoisotopic (exact) mass is 728 g/mol. The fourth-order valence-electron chi connectivity index (χ4n) is 2.40. The molecule has 2 aromatic carbocycles. The summed E-state index contributed by atoms with van der Waals surface area (Å²) in [4.78, 5) is 0. The van der Waals surface area contributed by atoms with Gasteiger partial charge in [0.1, 0.15) is 0 Å². The van der Waals surface area contributed by atoms with Crippen molar-refractivity contribution < 1.29 is 73.8 Å². The normalized spacial score (nSPS) is 14.2. The first-order valence-electron chi connectivity index (χ1n) is 9.94.